The molecule has 0 aliphatic heterocycles. The van der Waals surface area contributed by atoms with E-state index >= 15 is 0 Å². The molecule has 2 aromatic rings. The van der Waals surface area contributed by atoms with Gasteiger partial charge in [-0.05, 0) is 31.2 Å². The Kier molecular flexibility index (Phi) is 3.44. The first-order chi connectivity index (χ1) is 7.90. The molecule has 2 aromatic heterocycles. The minimum Gasteiger partial charge on any atom is -0.257 e. The third-order valence-corrected chi connectivity index (χ3v) is 2.43. The van der Waals surface area contributed by atoms with Gasteiger partial charge in [-0.25, -0.2) is 0 Å². The van der Waals surface area contributed by atoms with Crippen LogP contribution in [-0.2, 0) is 6.54 Å². The SMILES string of the molecule is CC[n+]1ccccc1/C=C/c1ccccn1. The number of aryl methyl sites for hydroxylation is 1. The maximum absolute atomic E-state index is 4.25. The summed E-state index contributed by atoms with van der Waals surface area (Å²) in [4.78, 5) is 4.25. The van der Waals surface area contributed by atoms with Crippen LogP contribution in [0.1, 0.15) is 18.3 Å². The molecule has 0 spiro atoms. The van der Waals surface area contributed by atoms with Crippen LogP contribution < -0.4 is 4.57 Å². The van der Waals surface area contributed by atoms with Gasteiger partial charge in [0.15, 0.2) is 6.20 Å². The second-order valence-electron chi connectivity index (χ2n) is 3.50. The second kappa shape index (κ2) is 5.21. The van der Waals surface area contributed by atoms with Gasteiger partial charge in [0.1, 0.15) is 6.54 Å². The van der Waals surface area contributed by atoms with Crippen molar-refractivity contribution in [2.75, 3.05) is 0 Å². The average Bonchev–Trinajstić information content (AvgIpc) is 2.38. The smallest absolute Gasteiger partial charge is 0.205 e. The molecule has 2 heteroatoms. The van der Waals surface area contributed by atoms with Crippen molar-refractivity contribution in [2.45, 2.75) is 13.5 Å². The van der Waals surface area contributed by atoms with Crippen LogP contribution in [0.3, 0.4) is 0 Å². The van der Waals surface area contributed by atoms with Crippen molar-refractivity contribution < 1.29 is 4.57 Å². The molecule has 0 aromatic carbocycles. The van der Waals surface area contributed by atoms with Crippen LogP contribution >= 0.6 is 0 Å². The molecule has 0 atom stereocenters. The van der Waals surface area contributed by atoms with Crippen LogP contribution in [0.5, 0.6) is 0 Å². The Hall–Kier alpha value is -1.96. The van der Waals surface area contributed by atoms with E-state index in [1.807, 2.05) is 36.4 Å². The van der Waals surface area contributed by atoms with Gasteiger partial charge in [-0.2, -0.15) is 4.57 Å². The topological polar surface area (TPSA) is 16.8 Å². The minimum absolute atomic E-state index is 0.975. The standard InChI is InChI=1S/C14H15N2/c1-2-16-12-6-4-8-14(16)10-9-13-7-3-5-11-15-13/h3-12H,2H2,1H3/q+1/b10-9+. The van der Waals surface area contributed by atoms with E-state index in [-0.39, 0.29) is 0 Å². The van der Waals surface area contributed by atoms with E-state index in [4.69, 9.17) is 0 Å². The lowest BCUT2D eigenvalue weighted by Gasteiger charge is -1.96. The largest absolute Gasteiger partial charge is 0.257 e. The molecule has 0 fully saturated rings. The Morgan fingerprint density at radius 3 is 2.75 bits per heavy atom. The summed E-state index contributed by atoms with van der Waals surface area (Å²) >= 11 is 0. The van der Waals surface area contributed by atoms with E-state index in [2.05, 4.69) is 34.8 Å². The molecule has 0 saturated heterocycles. The predicted molar refractivity (Wildman–Crippen MR) is 65.5 cm³/mol. The normalized spacial score (nSPS) is 10.8. The molecule has 0 aliphatic rings. The van der Waals surface area contributed by atoms with E-state index in [0.717, 1.165) is 12.2 Å². The highest BCUT2D eigenvalue weighted by Crippen LogP contribution is 2.01. The molecule has 0 bridgehead atoms. The number of hydrogen-bond acceptors (Lipinski definition) is 1. The zero-order valence-corrected chi connectivity index (χ0v) is 9.38. The molecule has 0 aliphatic carbocycles. The van der Waals surface area contributed by atoms with Crippen LogP contribution in [0, 0.1) is 0 Å². The number of rotatable bonds is 3. The first-order valence-electron chi connectivity index (χ1n) is 5.47. The number of aromatic nitrogens is 2. The van der Waals surface area contributed by atoms with Gasteiger partial charge in [-0.3, -0.25) is 4.98 Å². The molecular weight excluding hydrogens is 196 g/mol. The summed E-state index contributed by atoms with van der Waals surface area (Å²) in [6.07, 6.45) is 8.00. The molecule has 2 nitrogen and oxygen atoms in total. The third kappa shape index (κ3) is 2.54. The Morgan fingerprint density at radius 2 is 2.00 bits per heavy atom. The van der Waals surface area contributed by atoms with Crippen molar-refractivity contribution in [3.05, 3.63) is 60.2 Å². The van der Waals surface area contributed by atoms with Gasteiger partial charge < -0.3 is 0 Å². The Labute approximate surface area is 95.9 Å². The third-order valence-electron chi connectivity index (χ3n) is 2.43. The Morgan fingerprint density at radius 1 is 1.12 bits per heavy atom. The molecule has 0 amide bonds. The lowest BCUT2D eigenvalue weighted by Crippen LogP contribution is -2.34. The van der Waals surface area contributed by atoms with Gasteiger partial charge in [-0.1, -0.05) is 6.07 Å². The summed E-state index contributed by atoms with van der Waals surface area (Å²) < 4.78 is 2.19. The number of pyridine rings is 2. The lowest BCUT2D eigenvalue weighted by molar-refractivity contribution is -0.695. The van der Waals surface area contributed by atoms with Crippen molar-refractivity contribution >= 4 is 12.2 Å². The maximum Gasteiger partial charge on any atom is 0.205 e. The zero-order valence-electron chi connectivity index (χ0n) is 9.38. The molecule has 0 saturated carbocycles. The van der Waals surface area contributed by atoms with E-state index in [1.54, 1.807) is 6.20 Å². The van der Waals surface area contributed by atoms with Crippen molar-refractivity contribution in [2.24, 2.45) is 0 Å². The summed E-state index contributed by atoms with van der Waals surface area (Å²) in [7, 11) is 0. The highest BCUT2D eigenvalue weighted by Gasteiger charge is 2.01. The van der Waals surface area contributed by atoms with Crippen LogP contribution in [0.4, 0.5) is 0 Å². The van der Waals surface area contributed by atoms with Crippen LogP contribution in [-0.4, -0.2) is 4.98 Å². The van der Waals surface area contributed by atoms with Gasteiger partial charge in [0.05, 0.1) is 5.69 Å². The van der Waals surface area contributed by atoms with E-state index in [0.29, 0.717) is 0 Å². The predicted octanol–water partition coefficient (Wildman–Crippen LogP) is 2.56. The first kappa shape index (κ1) is 10.6. The molecule has 0 unspecified atom stereocenters. The quantitative estimate of drug-likeness (QED) is 0.713. The molecule has 80 valence electrons. The van der Waals surface area contributed by atoms with Crippen LogP contribution in [0.25, 0.3) is 12.2 Å². The lowest BCUT2D eigenvalue weighted by atomic mass is 10.2. The molecule has 0 radical (unpaired) electrons. The molecule has 2 heterocycles. The van der Waals surface area contributed by atoms with Crippen molar-refractivity contribution in [1.82, 2.24) is 4.98 Å². The summed E-state index contributed by atoms with van der Waals surface area (Å²) in [6, 6.07) is 12.1. The second-order valence-corrected chi connectivity index (χ2v) is 3.50. The monoisotopic (exact) mass is 211 g/mol. The number of hydrogen-bond donors (Lipinski definition) is 0. The van der Waals surface area contributed by atoms with Crippen LogP contribution in [0.2, 0.25) is 0 Å². The van der Waals surface area contributed by atoms with E-state index < -0.39 is 0 Å². The fourth-order valence-corrected chi connectivity index (χ4v) is 1.57. The van der Waals surface area contributed by atoms with Gasteiger partial charge in [0.2, 0.25) is 5.69 Å². The van der Waals surface area contributed by atoms with Crippen molar-refractivity contribution in [3.8, 4) is 0 Å². The molecule has 16 heavy (non-hydrogen) atoms. The molecular formula is C14H15N2+. The maximum atomic E-state index is 4.25. The van der Waals surface area contributed by atoms with Crippen molar-refractivity contribution in [1.29, 1.82) is 0 Å². The highest BCUT2D eigenvalue weighted by atomic mass is 14.9. The summed E-state index contributed by atoms with van der Waals surface area (Å²) in [5, 5.41) is 0. The first-order valence-corrected chi connectivity index (χ1v) is 5.47. The summed E-state index contributed by atoms with van der Waals surface area (Å²) in [5.41, 5.74) is 2.17. The van der Waals surface area contributed by atoms with Gasteiger partial charge >= 0.3 is 0 Å². The number of nitrogens with zero attached hydrogens (tertiary/aromatic N) is 2. The van der Waals surface area contributed by atoms with E-state index in [9.17, 15) is 0 Å². The molecule has 2 rings (SSSR count). The van der Waals surface area contributed by atoms with Crippen molar-refractivity contribution in [3.63, 3.8) is 0 Å². The summed E-state index contributed by atoms with van der Waals surface area (Å²) in [6.45, 7) is 3.11. The fraction of sp³-hybridized carbons (Fsp3) is 0.143. The fourth-order valence-electron chi connectivity index (χ4n) is 1.57. The van der Waals surface area contributed by atoms with Gasteiger partial charge in [-0.15, -0.1) is 0 Å². The van der Waals surface area contributed by atoms with E-state index in [1.165, 1.54) is 5.69 Å². The Balaban J connectivity index is 2.24. The highest BCUT2D eigenvalue weighted by molar-refractivity contribution is 5.64. The van der Waals surface area contributed by atoms with Gasteiger partial charge in [0.25, 0.3) is 0 Å². The minimum atomic E-state index is 0.975. The van der Waals surface area contributed by atoms with Crippen LogP contribution in [0.15, 0.2) is 48.8 Å². The zero-order chi connectivity index (χ0) is 11.2. The molecule has 0 N–H and O–H groups in total. The summed E-state index contributed by atoms with van der Waals surface area (Å²) in [5.74, 6) is 0. The average molecular weight is 211 g/mol. The Bertz CT molecular complexity index is 475. The van der Waals surface area contributed by atoms with Gasteiger partial charge in [0, 0.05) is 24.4 Å².